The fourth-order valence-electron chi connectivity index (χ4n) is 3.62. The maximum atomic E-state index is 11.8. The first-order chi connectivity index (χ1) is 16.9. The highest BCUT2D eigenvalue weighted by molar-refractivity contribution is 9.10. The summed E-state index contributed by atoms with van der Waals surface area (Å²) in [6, 6.07) is 16.9. The molecule has 0 atom stereocenters. The lowest BCUT2D eigenvalue weighted by molar-refractivity contribution is -0.118. The lowest BCUT2D eigenvalue weighted by Crippen LogP contribution is -2.25. The summed E-state index contributed by atoms with van der Waals surface area (Å²) >= 11 is 4.89. The fourth-order valence-corrected chi connectivity index (χ4v) is 4.85. The molecule has 9 heteroatoms. The number of halogens is 1. The zero-order valence-corrected chi connectivity index (χ0v) is 21.4. The molecular formula is C26H21BrN4O3S. The number of ether oxygens (including phenoxy) is 1. The third kappa shape index (κ3) is 4.91. The number of carbonyl (C=O) groups is 1. The molecule has 0 saturated carbocycles. The largest absolute Gasteiger partial charge is 0.507 e. The zero-order chi connectivity index (χ0) is 24.5. The number of thiazole rings is 1. The Balaban J connectivity index is 1.67. The molecule has 2 N–H and O–H groups in total. The normalized spacial score (nSPS) is 13.6. The summed E-state index contributed by atoms with van der Waals surface area (Å²) in [5, 5.41) is 19.8. The van der Waals surface area contributed by atoms with Crippen LogP contribution in [0.5, 0.6) is 11.5 Å². The standard InChI is InChI=1S/C26H21BrN4O3S/c1-15-3-4-16(2)20(9-15)30-26-31(28-12-18-10-19(27)6-7-23(18)32)22(14-35-26)17-5-8-24-21(11-17)29-25(33)13-34-24/h3-12,14,32H,13H2,1-2H3,(H,29,33). The summed E-state index contributed by atoms with van der Waals surface area (Å²) in [5.41, 5.74) is 5.82. The zero-order valence-electron chi connectivity index (χ0n) is 18.9. The smallest absolute Gasteiger partial charge is 0.262 e. The van der Waals surface area contributed by atoms with Crippen LogP contribution >= 0.6 is 27.3 Å². The van der Waals surface area contributed by atoms with E-state index in [4.69, 9.17) is 14.8 Å². The van der Waals surface area contributed by atoms with Gasteiger partial charge in [-0.25, -0.2) is 9.67 Å². The van der Waals surface area contributed by atoms with E-state index in [2.05, 4.69) is 27.3 Å². The predicted octanol–water partition coefficient (Wildman–Crippen LogP) is 5.75. The third-order valence-corrected chi connectivity index (χ3v) is 6.79. The van der Waals surface area contributed by atoms with Crippen molar-refractivity contribution in [2.45, 2.75) is 13.8 Å². The van der Waals surface area contributed by atoms with Crippen LogP contribution in [0.25, 0.3) is 11.3 Å². The van der Waals surface area contributed by atoms with Gasteiger partial charge in [0.25, 0.3) is 5.91 Å². The maximum Gasteiger partial charge on any atom is 0.262 e. The van der Waals surface area contributed by atoms with Crippen molar-refractivity contribution in [2.75, 3.05) is 11.9 Å². The molecule has 1 aliphatic rings. The van der Waals surface area contributed by atoms with Crippen LogP contribution < -0.4 is 14.9 Å². The minimum absolute atomic E-state index is 0.00406. The van der Waals surface area contributed by atoms with Crippen molar-refractivity contribution in [3.8, 4) is 22.8 Å². The van der Waals surface area contributed by atoms with Crippen molar-refractivity contribution in [3.05, 3.63) is 85.9 Å². The van der Waals surface area contributed by atoms with Gasteiger partial charge in [-0.3, -0.25) is 4.79 Å². The van der Waals surface area contributed by atoms with Crippen LogP contribution in [0.2, 0.25) is 0 Å². The molecule has 0 fully saturated rings. The minimum Gasteiger partial charge on any atom is -0.507 e. The molecule has 0 saturated heterocycles. The van der Waals surface area contributed by atoms with Gasteiger partial charge in [0.05, 0.1) is 23.3 Å². The number of nitrogens with one attached hydrogen (secondary N) is 1. The molecule has 3 aromatic carbocycles. The highest BCUT2D eigenvalue weighted by Crippen LogP contribution is 2.33. The second-order valence-electron chi connectivity index (χ2n) is 8.11. The quantitative estimate of drug-likeness (QED) is 0.318. The van der Waals surface area contributed by atoms with Gasteiger partial charge in [0, 0.05) is 21.0 Å². The van der Waals surface area contributed by atoms with E-state index in [9.17, 15) is 9.90 Å². The number of benzene rings is 3. The van der Waals surface area contributed by atoms with Gasteiger partial charge in [0.2, 0.25) is 4.80 Å². The number of aromatic hydroxyl groups is 1. The second-order valence-corrected chi connectivity index (χ2v) is 9.86. The fraction of sp³-hybridized carbons (Fsp3) is 0.115. The first kappa shape index (κ1) is 23.1. The van der Waals surface area contributed by atoms with Gasteiger partial charge in [0.1, 0.15) is 11.5 Å². The van der Waals surface area contributed by atoms with Gasteiger partial charge in [-0.1, -0.05) is 28.1 Å². The van der Waals surface area contributed by atoms with Crippen LogP contribution in [0.15, 0.2) is 74.5 Å². The van der Waals surface area contributed by atoms with Crippen molar-refractivity contribution in [3.63, 3.8) is 0 Å². The number of carbonyl (C=O) groups excluding carboxylic acids is 1. The highest BCUT2D eigenvalue weighted by atomic mass is 79.9. The molecule has 1 aromatic heterocycles. The van der Waals surface area contributed by atoms with Gasteiger partial charge in [-0.2, -0.15) is 5.10 Å². The molecule has 0 unspecified atom stereocenters. The molecule has 35 heavy (non-hydrogen) atoms. The SMILES string of the molecule is Cc1ccc(C)c(N=c2scc(-c3ccc4c(c3)NC(=O)CO4)n2N=Cc2cc(Br)ccc2O)c1. The Labute approximate surface area is 214 Å². The number of rotatable bonds is 4. The van der Waals surface area contributed by atoms with Gasteiger partial charge in [-0.05, 0) is 67.4 Å². The Morgan fingerprint density at radius 2 is 2.00 bits per heavy atom. The Morgan fingerprint density at radius 1 is 1.14 bits per heavy atom. The summed E-state index contributed by atoms with van der Waals surface area (Å²) in [6.07, 6.45) is 1.60. The molecule has 7 nitrogen and oxygen atoms in total. The molecule has 1 aliphatic heterocycles. The molecule has 5 rings (SSSR count). The summed E-state index contributed by atoms with van der Waals surface area (Å²) in [4.78, 5) is 17.4. The van der Waals surface area contributed by atoms with E-state index < -0.39 is 0 Å². The number of anilines is 1. The minimum atomic E-state index is -0.193. The first-order valence-electron chi connectivity index (χ1n) is 10.8. The maximum absolute atomic E-state index is 11.8. The number of hydrogen-bond acceptors (Lipinski definition) is 6. The lowest BCUT2D eigenvalue weighted by Gasteiger charge is -2.18. The number of nitrogens with zero attached hydrogens (tertiary/aromatic N) is 3. The van der Waals surface area contributed by atoms with E-state index in [1.165, 1.54) is 11.3 Å². The Kier molecular flexibility index (Phi) is 6.27. The number of aryl methyl sites for hydroxylation is 2. The van der Waals surface area contributed by atoms with E-state index in [0.29, 0.717) is 21.8 Å². The van der Waals surface area contributed by atoms with E-state index >= 15 is 0 Å². The molecule has 0 bridgehead atoms. The van der Waals surface area contributed by atoms with Crippen LogP contribution in [0.3, 0.4) is 0 Å². The topological polar surface area (TPSA) is 88.2 Å². The third-order valence-electron chi connectivity index (χ3n) is 5.48. The Bertz CT molecular complexity index is 1550. The Morgan fingerprint density at radius 3 is 2.86 bits per heavy atom. The summed E-state index contributed by atoms with van der Waals surface area (Å²) < 4.78 is 8.07. The van der Waals surface area contributed by atoms with E-state index in [1.54, 1.807) is 29.1 Å². The van der Waals surface area contributed by atoms with Crippen molar-refractivity contribution in [1.29, 1.82) is 0 Å². The molecule has 0 spiro atoms. The van der Waals surface area contributed by atoms with Crippen LogP contribution in [0.4, 0.5) is 11.4 Å². The van der Waals surface area contributed by atoms with Crippen molar-refractivity contribution in [2.24, 2.45) is 10.1 Å². The molecule has 1 amide bonds. The van der Waals surface area contributed by atoms with Crippen molar-refractivity contribution >= 4 is 50.8 Å². The monoisotopic (exact) mass is 548 g/mol. The van der Waals surface area contributed by atoms with E-state index in [1.807, 2.05) is 49.6 Å². The molecular weight excluding hydrogens is 528 g/mol. The number of amides is 1. The number of fused-ring (bicyclic) bond motifs is 1. The summed E-state index contributed by atoms with van der Waals surface area (Å²) in [7, 11) is 0. The van der Waals surface area contributed by atoms with Crippen LogP contribution in [-0.2, 0) is 4.79 Å². The van der Waals surface area contributed by atoms with Crippen LogP contribution in [0, 0.1) is 13.8 Å². The average Bonchev–Trinajstić information content (AvgIpc) is 3.23. The predicted molar refractivity (Wildman–Crippen MR) is 142 cm³/mol. The number of phenolic OH excluding ortho intramolecular Hbond substituents is 1. The number of phenols is 1. The van der Waals surface area contributed by atoms with E-state index in [-0.39, 0.29) is 18.3 Å². The van der Waals surface area contributed by atoms with Gasteiger partial charge in [-0.15, -0.1) is 11.3 Å². The van der Waals surface area contributed by atoms with Crippen molar-refractivity contribution < 1.29 is 14.6 Å². The van der Waals surface area contributed by atoms with Crippen molar-refractivity contribution in [1.82, 2.24) is 4.68 Å². The van der Waals surface area contributed by atoms with Crippen LogP contribution in [0.1, 0.15) is 16.7 Å². The molecule has 176 valence electrons. The van der Waals surface area contributed by atoms with Gasteiger partial charge < -0.3 is 15.2 Å². The average molecular weight is 549 g/mol. The number of aromatic nitrogens is 1. The lowest BCUT2D eigenvalue weighted by atomic mass is 10.1. The van der Waals surface area contributed by atoms with Gasteiger partial charge in [0.15, 0.2) is 6.61 Å². The molecule has 0 radical (unpaired) electrons. The summed E-state index contributed by atoms with van der Waals surface area (Å²) in [5.74, 6) is 0.551. The second kappa shape index (κ2) is 9.52. The Hall–Kier alpha value is -3.69. The first-order valence-corrected chi connectivity index (χ1v) is 12.5. The van der Waals surface area contributed by atoms with E-state index in [0.717, 1.165) is 32.5 Å². The van der Waals surface area contributed by atoms with Crippen LogP contribution in [-0.4, -0.2) is 28.5 Å². The van der Waals surface area contributed by atoms with Gasteiger partial charge >= 0.3 is 0 Å². The molecule has 0 aliphatic carbocycles. The molecule has 4 aromatic rings. The number of hydrogen-bond donors (Lipinski definition) is 2. The molecule has 2 heterocycles. The summed E-state index contributed by atoms with van der Waals surface area (Å²) in [6.45, 7) is 4.06. The highest BCUT2D eigenvalue weighted by Gasteiger charge is 2.18.